The second-order valence-electron chi connectivity index (χ2n) is 4.76. The summed E-state index contributed by atoms with van der Waals surface area (Å²) in [5, 5.41) is 8.38. The van der Waals surface area contributed by atoms with E-state index in [9.17, 15) is 13.6 Å². The number of hydrogen-bond acceptors (Lipinski definition) is 4. The molecule has 1 fully saturated rings. The van der Waals surface area contributed by atoms with Crippen LogP contribution in [0.4, 0.5) is 20.4 Å². The van der Waals surface area contributed by atoms with Crippen LogP contribution in [-0.2, 0) is 4.79 Å². The predicted molar refractivity (Wildman–Crippen MR) is 72.6 cm³/mol. The fourth-order valence-corrected chi connectivity index (χ4v) is 2.01. The van der Waals surface area contributed by atoms with Gasteiger partial charge in [0.25, 0.3) is 0 Å². The minimum atomic E-state index is -0.742. The van der Waals surface area contributed by atoms with Gasteiger partial charge in [0.15, 0.2) is 23.3 Å². The number of nitrogens with one attached hydrogen (secondary N) is 3. The van der Waals surface area contributed by atoms with Crippen LogP contribution in [0.2, 0.25) is 0 Å². The largest absolute Gasteiger partial charge is 0.368 e. The van der Waals surface area contributed by atoms with Gasteiger partial charge in [0, 0.05) is 31.6 Å². The van der Waals surface area contributed by atoms with Crippen molar-refractivity contribution in [1.82, 2.24) is 10.3 Å². The molecule has 1 aromatic heterocycles. The molecule has 0 spiro atoms. The zero-order valence-corrected chi connectivity index (χ0v) is 11.3. The zero-order valence-electron chi connectivity index (χ0n) is 11.3. The molecule has 1 aromatic rings. The summed E-state index contributed by atoms with van der Waals surface area (Å²) < 4.78 is 27.1. The van der Waals surface area contributed by atoms with E-state index in [-0.39, 0.29) is 23.6 Å². The van der Waals surface area contributed by atoms with E-state index >= 15 is 0 Å². The minimum Gasteiger partial charge on any atom is -0.368 e. The second kappa shape index (κ2) is 6.49. The van der Waals surface area contributed by atoms with Gasteiger partial charge in [-0.25, -0.2) is 13.8 Å². The van der Waals surface area contributed by atoms with Crippen LogP contribution in [0, 0.1) is 11.6 Å². The zero-order chi connectivity index (χ0) is 14.5. The molecule has 0 radical (unpaired) electrons. The van der Waals surface area contributed by atoms with Crippen LogP contribution >= 0.6 is 0 Å². The quantitative estimate of drug-likeness (QED) is 0.746. The van der Waals surface area contributed by atoms with Crippen molar-refractivity contribution in [3.05, 3.63) is 17.7 Å². The van der Waals surface area contributed by atoms with E-state index in [2.05, 4.69) is 20.9 Å². The summed E-state index contributed by atoms with van der Waals surface area (Å²) in [6, 6.07) is 0.765. The Morgan fingerprint density at radius 3 is 2.65 bits per heavy atom. The predicted octanol–water partition coefficient (Wildman–Crippen LogP) is 1.87. The van der Waals surface area contributed by atoms with Gasteiger partial charge in [-0.3, -0.25) is 4.79 Å². The van der Waals surface area contributed by atoms with Gasteiger partial charge in [-0.2, -0.15) is 0 Å². The van der Waals surface area contributed by atoms with Crippen LogP contribution in [0.1, 0.15) is 26.2 Å². The number of rotatable bonds is 6. The van der Waals surface area contributed by atoms with E-state index < -0.39 is 11.6 Å². The first kappa shape index (κ1) is 14.5. The second-order valence-corrected chi connectivity index (χ2v) is 4.76. The number of carbonyl (C=O) groups excluding carboxylic acids is 1. The Hall–Kier alpha value is -1.92. The van der Waals surface area contributed by atoms with Gasteiger partial charge in [-0.05, 0) is 12.8 Å². The van der Waals surface area contributed by atoms with E-state index in [0.29, 0.717) is 25.9 Å². The van der Waals surface area contributed by atoms with Crippen molar-refractivity contribution < 1.29 is 13.6 Å². The Morgan fingerprint density at radius 1 is 1.35 bits per heavy atom. The molecule has 0 bridgehead atoms. The molecule has 7 heteroatoms. The van der Waals surface area contributed by atoms with Gasteiger partial charge in [-0.15, -0.1) is 0 Å². The number of nitrogens with zero attached hydrogens (tertiary/aromatic N) is 1. The van der Waals surface area contributed by atoms with Crippen molar-refractivity contribution in [3.8, 4) is 0 Å². The maximum Gasteiger partial charge on any atom is 0.220 e. The van der Waals surface area contributed by atoms with Gasteiger partial charge in [0.1, 0.15) is 0 Å². The number of carbonyl (C=O) groups is 1. The molecule has 1 unspecified atom stereocenters. The van der Waals surface area contributed by atoms with Crippen molar-refractivity contribution >= 4 is 17.5 Å². The molecule has 0 aromatic carbocycles. The molecule has 0 aliphatic carbocycles. The Morgan fingerprint density at radius 2 is 2.05 bits per heavy atom. The lowest BCUT2D eigenvalue weighted by Gasteiger charge is -2.14. The minimum absolute atomic E-state index is 0.00496. The summed E-state index contributed by atoms with van der Waals surface area (Å²) in [5.74, 6) is -1.43. The molecule has 2 heterocycles. The van der Waals surface area contributed by atoms with Crippen molar-refractivity contribution in [1.29, 1.82) is 0 Å². The molecule has 1 aliphatic rings. The van der Waals surface area contributed by atoms with E-state index in [1.807, 2.05) is 6.92 Å². The highest BCUT2D eigenvalue weighted by Gasteiger charge is 2.21. The molecule has 1 atom stereocenters. The lowest BCUT2D eigenvalue weighted by Crippen LogP contribution is -2.32. The standard InChI is InChI=1S/C13H18F2N4O/c1-2-5-16-12-9(14)6-10(15)13(19-12)17-7-8-3-4-11(20)18-8/h6,8H,2-5,7H2,1H3,(H,18,20)(H2,16,17,19). The van der Waals surface area contributed by atoms with Crippen molar-refractivity contribution in [2.75, 3.05) is 23.7 Å². The average molecular weight is 284 g/mol. The molecule has 110 valence electrons. The third-order valence-electron chi connectivity index (χ3n) is 3.07. The highest BCUT2D eigenvalue weighted by Crippen LogP contribution is 2.19. The normalized spacial score (nSPS) is 17.9. The van der Waals surface area contributed by atoms with Gasteiger partial charge in [0.2, 0.25) is 5.91 Å². The Kier molecular flexibility index (Phi) is 4.70. The molecular formula is C13H18F2N4O. The molecule has 2 rings (SSSR count). The first-order chi connectivity index (χ1) is 9.60. The molecule has 0 saturated carbocycles. The number of aromatic nitrogens is 1. The van der Waals surface area contributed by atoms with Crippen LogP contribution in [-0.4, -0.2) is 30.0 Å². The van der Waals surface area contributed by atoms with Crippen LogP contribution in [0.15, 0.2) is 6.07 Å². The fraction of sp³-hybridized carbons (Fsp3) is 0.538. The van der Waals surface area contributed by atoms with Crippen molar-refractivity contribution in [3.63, 3.8) is 0 Å². The van der Waals surface area contributed by atoms with E-state index in [1.54, 1.807) is 0 Å². The number of amides is 1. The monoisotopic (exact) mass is 284 g/mol. The maximum atomic E-state index is 13.6. The topological polar surface area (TPSA) is 66.0 Å². The summed E-state index contributed by atoms with van der Waals surface area (Å²) in [6.07, 6.45) is 2.00. The number of halogens is 2. The first-order valence-corrected chi connectivity index (χ1v) is 6.73. The smallest absolute Gasteiger partial charge is 0.220 e. The van der Waals surface area contributed by atoms with Crippen LogP contribution in [0.25, 0.3) is 0 Å². The van der Waals surface area contributed by atoms with Gasteiger partial charge in [0.05, 0.1) is 0 Å². The summed E-state index contributed by atoms with van der Waals surface area (Å²) >= 11 is 0. The van der Waals surface area contributed by atoms with Crippen LogP contribution in [0.3, 0.4) is 0 Å². The van der Waals surface area contributed by atoms with Gasteiger partial charge in [-0.1, -0.05) is 6.92 Å². The van der Waals surface area contributed by atoms with Crippen LogP contribution in [0.5, 0.6) is 0 Å². The van der Waals surface area contributed by atoms with Gasteiger partial charge < -0.3 is 16.0 Å². The Labute approximate surface area is 116 Å². The first-order valence-electron chi connectivity index (χ1n) is 6.73. The molecule has 1 aliphatic heterocycles. The van der Waals surface area contributed by atoms with E-state index in [0.717, 1.165) is 12.5 Å². The molecule has 20 heavy (non-hydrogen) atoms. The summed E-state index contributed by atoms with van der Waals surface area (Å²) in [6.45, 7) is 2.87. The molecule has 1 saturated heterocycles. The highest BCUT2D eigenvalue weighted by atomic mass is 19.1. The number of pyridine rings is 1. The SMILES string of the molecule is CCCNc1nc(NCC2CCC(=O)N2)c(F)cc1F. The third kappa shape index (κ3) is 3.55. The molecule has 5 nitrogen and oxygen atoms in total. The number of anilines is 2. The van der Waals surface area contributed by atoms with Crippen molar-refractivity contribution in [2.45, 2.75) is 32.2 Å². The summed E-state index contributed by atoms with van der Waals surface area (Å²) in [4.78, 5) is 15.0. The molecule has 3 N–H and O–H groups in total. The highest BCUT2D eigenvalue weighted by molar-refractivity contribution is 5.78. The summed E-state index contributed by atoms with van der Waals surface area (Å²) in [5.41, 5.74) is 0. The Bertz CT molecular complexity index is 496. The van der Waals surface area contributed by atoms with Gasteiger partial charge >= 0.3 is 0 Å². The molecule has 1 amide bonds. The Balaban J connectivity index is 2.00. The van der Waals surface area contributed by atoms with E-state index in [1.165, 1.54) is 0 Å². The third-order valence-corrected chi connectivity index (χ3v) is 3.07. The number of hydrogen-bond donors (Lipinski definition) is 3. The lowest BCUT2D eigenvalue weighted by atomic mass is 10.2. The lowest BCUT2D eigenvalue weighted by molar-refractivity contribution is -0.119. The average Bonchev–Trinajstić information content (AvgIpc) is 2.82. The molecular weight excluding hydrogens is 266 g/mol. The summed E-state index contributed by atoms with van der Waals surface area (Å²) in [7, 11) is 0. The fourth-order valence-electron chi connectivity index (χ4n) is 2.01. The van der Waals surface area contributed by atoms with E-state index in [4.69, 9.17) is 0 Å². The maximum absolute atomic E-state index is 13.6. The van der Waals surface area contributed by atoms with Crippen molar-refractivity contribution in [2.24, 2.45) is 0 Å². The van der Waals surface area contributed by atoms with Crippen LogP contribution < -0.4 is 16.0 Å².